The van der Waals surface area contributed by atoms with E-state index in [0.717, 1.165) is 55.8 Å². The van der Waals surface area contributed by atoms with Crippen LogP contribution in [0.5, 0.6) is 5.75 Å². The number of likely N-dealkylation sites (tertiary alicyclic amines) is 1. The van der Waals surface area contributed by atoms with Crippen LogP contribution >= 0.6 is 0 Å². The van der Waals surface area contributed by atoms with Gasteiger partial charge in [-0.15, -0.1) is 0 Å². The van der Waals surface area contributed by atoms with E-state index in [1.807, 2.05) is 36.9 Å². The highest BCUT2D eigenvalue weighted by Gasteiger charge is 2.23. The van der Waals surface area contributed by atoms with Crippen LogP contribution in [0.25, 0.3) is 0 Å². The number of carbonyl (C=O) groups is 1. The van der Waals surface area contributed by atoms with E-state index in [2.05, 4.69) is 17.1 Å². The summed E-state index contributed by atoms with van der Waals surface area (Å²) in [6, 6.07) is 10.3. The third-order valence-corrected chi connectivity index (χ3v) is 6.55. The minimum absolute atomic E-state index is 0.145. The Hall–Kier alpha value is -3.07. The monoisotopic (exact) mass is 435 g/mol. The van der Waals surface area contributed by atoms with E-state index in [9.17, 15) is 14.9 Å². The molecule has 1 fully saturated rings. The predicted molar refractivity (Wildman–Crippen MR) is 125 cm³/mol. The molecule has 1 aromatic carbocycles. The second kappa shape index (κ2) is 11.0. The van der Waals surface area contributed by atoms with Crippen molar-refractivity contribution in [3.05, 3.63) is 62.6 Å². The summed E-state index contributed by atoms with van der Waals surface area (Å²) in [5.74, 6) is 1.71. The zero-order valence-electron chi connectivity index (χ0n) is 19.4. The zero-order valence-corrected chi connectivity index (χ0v) is 19.4. The number of amides is 1. The third-order valence-electron chi connectivity index (χ3n) is 6.55. The lowest BCUT2D eigenvalue weighted by Gasteiger charge is -2.32. The molecule has 6 heteroatoms. The van der Waals surface area contributed by atoms with Gasteiger partial charge in [0.15, 0.2) is 0 Å². The minimum atomic E-state index is -0.357. The Morgan fingerprint density at radius 1 is 1.19 bits per heavy atom. The van der Waals surface area contributed by atoms with Gasteiger partial charge in [-0.3, -0.25) is 9.59 Å². The van der Waals surface area contributed by atoms with Crippen molar-refractivity contribution in [1.82, 2.24) is 9.88 Å². The number of benzene rings is 1. The molecule has 0 saturated carbocycles. The number of hydrogen-bond acceptors (Lipinski definition) is 4. The molecule has 1 N–H and O–H groups in total. The molecule has 2 heterocycles. The first-order chi connectivity index (χ1) is 15.4. The first-order valence-corrected chi connectivity index (χ1v) is 11.5. The maximum absolute atomic E-state index is 12.8. The van der Waals surface area contributed by atoms with E-state index < -0.39 is 0 Å². The van der Waals surface area contributed by atoms with Crippen LogP contribution in [0.4, 0.5) is 0 Å². The highest BCUT2D eigenvalue weighted by molar-refractivity contribution is 5.76. The molecule has 0 spiro atoms. The van der Waals surface area contributed by atoms with Crippen molar-refractivity contribution in [3.63, 3.8) is 0 Å². The number of hydrogen-bond donors (Lipinski definition) is 1. The maximum Gasteiger partial charge on any atom is 0.266 e. The van der Waals surface area contributed by atoms with Gasteiger partial charge in [-0.1, -0.05) is 12.1 Å². The van der Waals surface area contributed by atoms with E-state index in [0.29, 0.717) is 30.9 Å². The van der Waals surface area contributed by atoms with Gasteiger partial charge in [-0.05, 0) is 87.6 Å². The van der Waals surface area contributed by atoms with Gasteiger partial charge in [0.2, 0.25) is 5.91 Å². The third kappa shape index (κ3) is 5.79. The van der Waals surface area contributed by atoms with Crippen molar-refractivity contribution in [2.45, 2.75) is 59.3 Å². The molecular weight excluding hydrogens is 402 g/mol. The summed E-state index contributed by atoms with van der Waals surface area (Å²) in [5, 5.41) is 9.22. The smallest absolute Gasteiger partial charge is 0.266 e. The molecule has 3 rings (SSSR count). The van der Waals surface area contributed by atoms with Gasteiger partial charge < -0.3 is 14.6 Å². The van der Waals surface area contributed by atoms with Crippen LogP contribution in [0.3, 0.4) is 0 Å². The summed E-state index contributed by atoms with van der Waals surface area (Å²) in [4.78, 5) is 29.4. The van der Waals surface area contributed by atoms with Crippen LogP contribution in [0.15, 0.2) is 29.1 Å². The quantitative estimate of drug-likeness (QED) is 0.677. The fourth-order valence-electron chi connectivity index (χ4n) is 4.57. The van der Waals surface area contributed by atoms with Gasteiger partial charge in [0.25, 0.3) is 5.56 Å². The van der Waals surface area contributed by atoms with Crippen LogP contribution in [0, 0.1) is 31.1 Å². The molecule has 0 unspecified atom stereocenters. The van der Waals surface area contributed by atoms with E-state index in [1.54, 1.807) is 6.92 Å². The Morgan fingerprint density at radius 3 is 2.50 bits per heavy atom. The van der Waals surface area contributed by atoms with Crippen molar-refractivity contribution in [3.8, 4) is 11.8 Å². The van der Waals surface area contributed by atoms with Crippen molar-refractivity contribution in [2.75, 3.05) is 19.7 Å². The Bertz CT molecular complexity index is 1030. The normalized spacial score (nSPS) is 14.2. The van der Waals surface area contributed by atoms with Gasteiger partial charge in [0, 0.05) is 25.2 Å². The van der Waals surface area contributed by atoms with E-state index >= 15 is 0 Å². The van der Waals surface area contributed by atoms with E-state index in [4.69, 9.17) is 4.74 Å². The lowest BCUT2D eigenvalue weighted by atomic mass is 9.90. The summed E-state index contributed by atoms with van der Waals surface area (Å²) < 4.78 is 5.50. The molecule has 170 valence electrons. The average Bonchev–Trinajstić information content (AvgIpc) is 2.79. The standard InChI is InChI=1S/C26H33N3O3/c1-4-32-22-9-7-20(8-10-22)5-6-21-13-15-29(16-14-21)25(30)12-11-23-18(2)24(17-27)26(31)28-19(23)3/h7-10,21H,4-6,11-16H2,1-3H3,(H,28,31). The fraction of sp³-hybridized carbons (Fsp3) is 0.500. The summed E-state index contributed by atoms with van der Waals surface area (Å²) in [7, 11) is 0. The molecular formula is C26H33N3O3. The molecule has 32 heavy (non-hydrogen) atoms. The number of aromatic nitrogens is 1. The SMILES string of the molecule is CCOc1ccc(CCC2CCN(C(=O)CCc3c(C)[nH]c(=O)c(C#N)c3C)CC2)cc1. The Kier molecular flexibility index (Phi) is 8.10. The first-order valence-electron chi connectivity index (χ1n) is 11.5. The van der Waals surface area contributed by atoms with Crippen LogP contribution in [-0.2, 0) is 17.6 Å². The van der Waals surface area contributed by atoms with Gasteiger partial charge in [-0.2, -0.15) is 5.26 Å². The van der Waals surface area contributed by atoms with Crippen LogP contribution in [-0.4, -0.2) is 35.5 Å². The van der Waals surface area contributed by atoms with Crippen molar-refractivity contribution < 1.29 is 9.53 Å². The average molecular weight is 436 g/mol. The number of H-pyrrole nitrogens is 1. The number of aryl methyl sites for hydroxylation is 2. The van der Waals surface area contributed by atoms with Crippen molar-refractivity contribution in [2.24, 2.45) is 5.92 Å². The number of ether oxygens (including phenoxy) is 1. The molecule has 1 amide bonds. The van der Waals surface area contributed by atoms with Crippen molar-refractivity contribution >= 4 is 5.91 Å². The first kappa shape index (κ1) is 23.6. The van der Waals surface area contributed by atoms with Gasteiger partial charge in [0.1, 0.15) is 17.4 Å². The van der Waals surface area contributed by atoms with Crippen LogP contribution < -0.4 is 10.3 Å². The largest absolute Gasteiger partial charge is 0.494 e. The fourth-order valence-corrected chi connectivity index (χ4v) is 4.57. The van der Waals surface area contributed by atoms with Crippen molar-refractivity contribution in [1.29, 1.82) is 5.26 Å². The Labute approximate surface area is 190 Å². The van der Waals surface area contributed by atoms with Gasteiger partial charge in [0.05, 0.1) is 6.61 Å². The molecule has 2 aromatic rings. The summed E-state index contributed by atoms with van der Waals surface area (Å²) in [6.45, 7) is 7.89. The maximum atomic E-state index is 12.8. The number of rotatable bonds is 8. The molecule has 0 aliphatic carbocycles. The lowest BCUT2D eigenvalue weighted by Crippen LogP contribution is -2.38. The lowest BCUT2D eigenvalue weighted by molar-refractivity contribution is -0.132. The highest BCUT2D eigenvalue weighted by Crippen LogP contribution is 2.24. The molecule has 0 atom stereocenters. The second-order valence-corrected chi connectivity index (χ2v) is 8.61. The predicted octanol–water partition coefficient (Wildman–Crippen LogP) is 4.07. The number of nitriles is 1. The highest BCUT2D eigenvalue weighted by atomic mass is 16.5. The number of nitrogens with zero attached hydrogens (tertiary/aromatic N) is 2. The van der Waals surface area contributed by atoms with Crippen LogP contribution in [0.1, 0.15) is 60.6 Å². The molecule has 1 aliphatic rings. The molecule has 6 nitrogen and oxygen atoms in total. The molecule has 1 aliphatic heterocycles. The van der Waals surface area contributed by atoms with E-state index in [-0.39, 0.29) is 17.0 Å². The molecule has 0 radical (unpaired) electrons. The number of piperidine rings is 1. The number of pyridine rings is 1. The second-order valence-electron chi connectivity index (χ2n) is 8.61. The number of carbonyl (C=O) groups excluding carboxylic acids is 1. The van der Waals surface area contributed by atoms with E-state index in [1.165, 1.54) is 5.56 Å². The van der Waals surface area contributed by atoms with Gasteiger partial charge >= 0.3 is 0 Å². The Balaban J connectivity index is 1.46. The van der Waals surface area contributed by atoms with Gasteiger partial charge in [-0.25, -0.2) is 0 Å². The van der Waals surface area contributed by atoms with Crippen LogP contribution in [0.2, 0.25) is 0 Å². The topological polar surface area (TPSA) is 86.2 Å². The number of aromatic amines is 1. The summed E-state index contributed by atoms with van der Waals surface area (Å²) >= 11 is 0. The Morgan fingerprint density at radius 2 is 1.88 bits per heavy atom. The summed E-state index contributed by atoms with van der Waals surface area (Å²) in [5.41, 5.74) is 3.45. The molecule has 0 bridgehead atoms. The zero-order chi connectivity index (χ0) is 23.1. The minimum Gasteiger partial charge on any atom is -0.494 e. The molecule has 1 saturated heterocycles. The number of nitrogens with one attached hydrogen (secondary N) is 1. The summed E-state index contributed by atoms with van der Waals surface area (Å²) in [6.07, 6.45) is 5.21. The molecule has 1 aromatic heterocycles.